The van der Waals surface area contributed by atoms with Gasteiger partial charge in [-0.25, -0.2) is 4.57 Å². The van der Waals surface area contributed by atoms with Gasteiger partial charge < -0.3 is 9.26 Å². The summed E-state index contributed by atoms with van der Waals surface area (Å²) in [7, 11) is -0.779. The monoisotopic (exact) mass is 358 g/mol. The number of methoxy groups -OCH3 is 1. The fraction of sp³-hybridized carbons (Fsp3) is 0.667. The Balaban J connectivity index is 2.81. The van der Waals surface area contributed by atoms with E-state index in [2.05, 4.69) is 34.6 Å². The van der Waals surface area contributed by atoms with Gasteiger partial charge in [0, 0.05) is 14.2 Å². The zero-order valence-electron chi connectivity index (χ0n) is 15.9. The van der Waals surface area contributed by atoms with E-state index < -0.39 is 7.82 Å². The Morgan fingerprint density at radius 3 is 2.00 bits per heavy atom. The van der Waals surface area contributed by atoms with Crippen molar-refractivity contribution in [2.24, 2.45) is 5.41 Å². The van der Waals surface area contributed by atoms with Crippen molar-refractivity contribution in [2.45, 2.75) is 46.5 Å². The molecule has 138 valence electrons. The van der Waals surface area contributed by atoms with Crippen molar-refractivity contribution in [1.82, 2.24) is 0 Å². The molecule has 0 aliphatic heterocycles. The Kier molecular flexibility index (Phi) is 7.48. The highest BCUT2D eigenvalue weighted by molar-refractivity contribution is 7.48. The fourth-order valence-corrected chi connectivity index (χ4v) is 3.78. The van der Waals surface area contributed by atoms with Crippen molar-refractivity contribution in [3.05, 3.63) is 29.8 Å². The quantitative estimate of drug-likeness (QED) is 0.449. The first-order chi connectivity index (χ1) is 11.0. The second kappa shape index (κ2) is 8.48. The summed E-state index contributed by atoms with van der Waals surface area (Å²) in [5, 5.41) is 0. The normalized spacial score (nSPS) is 15.1. The van der Waals surface area contributed by atoms with Crippen LogP contribution in [0.3, 0.4) is 0 Å². The summed E-state index contributed by atoms with van der Waals surface area (Å²) in [6.07, 6.45) is 1.05. The van der Waals surface area contributed by atoms with Gasteiger partial charge in [0.25, 0.3) is 0 Å². The molecule has 0 spiro atoms. The molecule has 0 saturated heterocycles. The fourth-order valence-electron chi connectivity index (χ4n) is 2.87. The highest BCUT2D eigenvalue weighted by Gasteiger charge is 2.29. The third kappa shape index (κ3) is 6.94. The molecule has 0 fully saturated rings. The number of ether oxygens (including phenoxy) is 1. The van der Waals surface area contributed by atoms with E-state index in [0.29, 0.717) is 12.4 Å². The summed E-state index contributed by atoms with van der Waals surface area (Å²) in [6, 6.07) is 7.59. The summed E-state index contributed by atoms with van der Waals surface area (Å²) in [5.41, 5.74) is 1.48. The van der Waals surface area contributed by atoms with E-state index in [1.165, 1.54) is 12.7 Å². The molecule has 6 heteroatoms. The minimum absolute atomic E-state index is 0.0384. The first-order valence-electron chi connectivity index (χ1n) is 8.11. The third-order valence-corrected chi connectivity index (χ3v) is 4.97. The van der Waals surface area contributed by atoms with E-state index in [4.69, 9.17) is 18.3 Å². The summed E-state index contributed by atoms with van der Waals surface area (Å²) in [5.74, 6) is 0.452. The molecule has 1 aromatic rings. The number of phosphoric ester groups is 1. The van der Waals surface area contributed by atoms with E-state index in [1.807, 2.05) is 12.1 Å². The van der Waals surface area contributed by atoms with Crippen LogP contribution in [0.4, 0.5) is 0 Å². The van der Waals surface area contributed by atoms with Gasteiger partial charge in [0.15, 0.2) is 0 Å². The van der Waals surface area contributed by atoms with Gasteiger partial charge in [-0.3, -0.25) is 9.05 Å². The maximum absolute atomic E-state index is 12.4. The number of phosphoric acid groups is 1. The minimum atomic E-state index is -3.62. The topological polar surface area (TPSA) is 54.0 Å². The molecule has 0 N–H and O–H groups in total. The van der Waals surface area contributed by atoms with E-state index in [1.54, 1.807) is 19.2 Å². The third-order valence-electron chi connectivity index (χ3n) is 3.59. The molecule has 1 atom stereocenters. The summed E-state index contributed by atoms with van der Waals surface area (Å²) in [6.45, 7) is 11.6. The molecule has 0 saturated carbocycles. The maximum Gasteiger partial charge on any atom is 0.529 e. The molecule has 1 rings (SSSR count). The number of hydrogen-bond donors (Lipinski definition) is 0. The summed E-state index contributed by atoms with van der Waals surface area (Å²) >= 11 is 0. The van der Waals surface area contributed by atoms with Gasteiger partial charge in [0.05, 0.1) is 13.2 Å². The van der Waals surface area contributed by atoms with Crippen molar-refractivity contribution < 1.29 is 22.9 Å². The number of rotatable bonds is 9. The predicted molar refractivity (Wildman–Crippen MR) is 96.6 cm³/mol. The van der Waals surface area contributed by atoms with E-state index >= 15 is 0 Å². The highest BCUT2D eigenvalue weighted by Crippen LogP contribution is 2.48. The molecule has 24 heavy (non-hydrogen) atoms. The van der Waals surface area contributed by atoms with Crippen LogP contribution in [0.2, 0.25) is 0 Å². The second-order valence-corrected chi connectivity index (χ2v) is 9.39. The Hall–Kier alpha value is -0.870. The van der Waals surface area contributed by atoms with Crippen molar-refractivity contribution in [3.8, 4) is 5.75 Å². The average Bonchev–Trinajstić information content (AvgIpc) is 2.45. The van der Waals surface area contributed by atoms with Gasteiger partial charge in [-0.2, -0.15) is 0 Å². The first-order valence-corrected chi connectivity index (χ1v) is 9.57. The van der Waals surface area contributed by atoms with Gasteiger partial charge in [-0.15, -0.1) is 0 Å². The summed E-state index contributed by atoms with van der Waals surface area (Å²) < 4.78 is 32.7. The number of hydrogen-bond acceptors (Lipinski definition) is 5. The van der Waals surface area contributed by atoms with Gasteiger partial charge in [0.2, 0.25) is 0 Å². The lowest BCUT2D eigenvalue weighted by Crippen LogP contribution is -2.24. The molecular weight excluding hydrogens is 327 g/mol. The molecule has 0 aliphatic rings. The predicted octanol–water partition coefficient (Wildman–Crippen LogP) is 5.20. The van der Waals surface area contributed by atoms with Crippen LogP contribution in [-0.2, 0) is 23.8 Å². The lowest BCUT2D eigenvalue weighted by molar-refractivity contribution is 0.115. The molecule has 0 aromatic heterocycles. The van der Waals surface area contributed by atoms with Crippen LogP contribution >= 0.6 is 7.82 Å². The molecule has 5 nitrogen and oxygen atoms in total. The molecule has 1 aromatic carbocycles. The smallest absolute Gasteiger partial charge is 0.404 e. The van der Waals surface area contributed by atoms with Crippen molar-refractivity contribution in [1.29, 1.82) is 0 Å². The SMILES string of the molecule is COCCOP(=O)(OC)Oc1ccc(C(C)(C)CC(C)(C)C)cc1. The van der Waals surface area contributed by atoms with Gasteiger partial charge in [0.1, 0.15) is 5.75 Å². The Morgan fingerprint density at radius 1 is 0.958 bits per heavy atom. The first kappa shape index (κ1) is 21.2. The molecule has 1 unspecified atom stereocenters. The standard InChI is InChI=1S/C18H31O5P/c1-17(2,3)14-18(4,5)15-8-10-16(11-9-15)23-24(19,21-7)22-13-12-20-6/h8-11H,12-14H2,1-7H3. The van der Waals surface area contributed by atoms with Crippen molar-refractivity contribution in [2.75, 3.05) is 27.4 Å². The van der Waals surface area contributed by atoms with Crippen LogP contribution < -0.4 is 4.52 Å². The second-order valence-electron chi connectivity index (χ2n) is 7.69. The molecule has 0 aliphatic carbocycles. The highest BCUT2D eigenvalue weighted by atomic mass is 31.2. The Labute approximate surface area is 146 Å². The lowest BCUT2D eigenvalue weighted by atomic mass is 9.72. The lowest BCUT2D eigenvalue weighted by Gasteiger charge is -2.33. The molecule has 0 bridgehead atoms. The van der Waals surface area contributed by atoms with Crippen LogP contribution in [0, 0.1) is 5.41 Å². The summed E-state index contributed by atoms with van der Waals surface area (Å²) in [4.78, 5) is 0. The van der Waals surface area contributed by atoms with Gasteiger partial charge in [-0.05, 0) is 34.9 Å². The van der Waals surface area contributed by atoms with Crippen LogP contribution in [0.5, 0.6) is 5.75 Å². The zero-order valence-corrected chi connectivity index (χ0v) is 16.8. The average molecular weight is 358 g/mol. The zero-order chi connectivity index (χ0) is 18.4. The molecule has 0 radical (unpaired) electrons. The van der Waals surface area contributed by atoms with Crippen LogP contribution in [0.15, 0.2) is 24.3 Å². The van der Waals surface area contributed by atoms with Crippen molar-refractivity contribution in [3.63, 3.8) is 0 Å². The van der Waals surface area contributed by atoms with E-state index in [0.717, 1.165) is 6.42 Å². The molecule has 0 amide bonds. The van der Waals surface area contributed by atoms with Crippen LogP contribution in [-0.4, -0.2) is 27.4 Å². The van der Waals surface area contributed by atoms with Crippen molar-refractivity contribution >= 4 is 7.82 Å². The van der Waals surface area contributed by atoms with Gasteiger partial charge in [-0.1, -0.05) is 46.8 Å². The molecular formula is C18H31O5P. The Bertz CT molecular complexity index is 546. The number of benzene rings is 1. The van der Waals surface area contributed by atoms with Crippen LogP contribution in [0.25, 0.3) is 0 Å². The minimum Gasteiger partial charge on any atom is -0.404 e. The Morgan fingerprint density at radius 2 is 1.54 bits per heavy atom. The van der Waals surface area contributed by atoms with E-state index in [-0.39, 0.29) is 17.4 Å². The van der Waals surface area contributed by atoms with E-state index in [9.17, 15) is 4.57 Å². The maximum atomic E-state index is 12.4. The van der Waals surface area contributed by atoms with Crippen LogP contribution in [0.1, 0.15) is 46.6 Å². The largest absolute Gasteiger partial charge is 0.529 e. The molecule has 0 heterocycles. The van der Waals surface area contributed by atoms with Gasteiger partial charge >= 0.3 is 7.82 Å².